The maximum absolute atomic E-state index is 12.7. The summed E-state index contributed by atoms with van der Waals surface area (Å²) in [5, 5.41) is 0.904. The molecular formula is C20H22Cl3N3O2. The molecule has 0 N–H and O–H groups in total. The molecule has 0 aliphatic carbocycles. The second-order valence-electron chi connectivity index (χ2n) is 7.01. The third kappa shape index (κ3) is 4.43. The van der Waals surface area contributed by atoms with Crippen molar-refractivity contribution in [1.82, 2.24) is 4.98 Å². The molecule has 8 heteroatoms. The van der Waals surface area contributed by atoms with Crippen molar-refractivity contribution < 1.29 is 9.59 Å². The van der Waals surface area contributed by atoms with Gasteiger partial charge in [-0.15, -0.1) is 12.4 Å². The zero-order chi connectivity index (χ0) is 19.6. The number of halogens is 3. The van der Waals surface area contributed by atoms with Gasteiger partial charge in [-0.1, -0.05) is 35.3 Å². The molecule has 1 fully saturated rings. The number of aromatic nitrogens is 1. The lowest BCUT2D eigenvalue weighted by Crippen LogP contribution is -2.49. The summed E-state index contributed by atoms with van der Waals surface area (Å²) < 4.78 is 0. The van der Waals surface area contributed by atoms with Gasteiger partial charge in [0, 0.05) is 38.9 Å². The van der Waals surface area contributed by atoms with E-state index in [1.807, 2.05) is 43.3 Å². The Morgan fingerprint density at radius 2 is 1.96 bits per heavy atom. The first-order chi connectivity index (χ1) is 12.9. The fourth-order valence-electron chi connectivity index (χ4n) is 3.48. The quantitative estimate of drug-likeness (QED) is 0.638. The molecule has 2 heterocycles. The van der Waals surface area contributed by atoms with E-state index in [0.29, 0.717) is 41.7 Å². The molecule has 0 radical (unpaired) electrons. The third-order valence-electron chi connectivity index (χ3n) is 5.04. The van der Waals surface area contributed by atoms with E-state index in [0.717, 1.165) is 17.7 Å². The van der Waals surface area contributed by atoms with Gasteiger partial charge < -0.3 is 9.69 Å². The molecule has 3 rings (SSSR count). The van der Waals surface area contributed by atoms with Gasteiger partial charge in [0.25, 0.3) is 0 Å². The molecule has 150 valence electrons. The standard InChI is InChI=1S/C20H21Cl2N3O2.ClH/c1-24(2)17-4-3-5-18(23-17)25-13-20(10-11-26,9-8-19(25)27)14-6-7-15(21)16(22)12-14;/h3-7,11-12H,8-10,13H2,1-2H3;1H/t20-;/m1./s1. The van der Waals surface area contributed by atoms with Crippen molar-refractivity contribution in [2.24, 2.45) is 0 Å². The zero-order valence-electron chi connectivity index (χ0n) is 15.7. The second kappa shape index (κ2) is 9.12. The summed E-state index contributed by atoms with van der Waals surface area (Å²) in [6.45, 7) is 0.367. The third-order valence-corrected chi connectivity index (χ3v) is 5.78. The Labute approximate surface area is 181 Å². The van der Waals surface area contributed by atoms with Crippen molar-refractivity contribution in [3.8, 4) is 0 Å². The van der Waals surface area contributed by atoms with E-state index in [2.05, 4.69) is 4.98 Å². The van der Waals surface area contributed by atoms with Gasteiger partial charge in [0.05, 0.1) is 10.0 Å². The van der Waals surface area contributed by atoms with E-state index in [9.17, 15) is 9.59 Å². The van der Waals surface area contributed by atoms with Crippen molar-refractivity contribution in [1.29, 1.82) is 0 Å². The summed E-state index contributed by atoms with van der Waals surface area (Å²) in [6.07, 6.45) is 2.11. The molecule has 0 bridgehead atoms. The fourth-order valence-corrected chi connectivity index (χ4v) is 3.78. The summed E-state index contributed by atoms with van der Waals surface area (Å²) >= 11 is 12.3. The molecule has 0 spiro atoms. The number of amides is 1. The molecule has 1 aromatic heterocycles. The number of rotatable bonds is 5. The Hall–Kier alpha value is -1.82. The fraction of sp³-hybridized carbons (Fsp3) is 0.350. The average Bonchev–Trinajstić information content (AvgIpc) is 2.66. The Bertz CT molecular complexity index is 876. The van der Waals surface area contributed by atoms with Gasteiger partial charge in [-0.25, -0.2) is 4.98 Å². The van der Waals surface area contributed by atoms with E-state index in [4.69, 9.17) is 23.2 Å². The largest absolute Gasteiger partial charge is 0.363 e. The molecule has 1 aliphatic rings. The summed E-state index contributed by atoms with van der Waals surface area (Å²) in [6, 6.07) is 11.0. The highest BCUT2D eigenvalue weighted by molar-refractivity contribution is 6.42. The molecule has 1 atom stereocenters. The van der Waals surface area contributed by atoms with Gasteiger partial charge in [0.2, 0.25) is 5.91 Å². The molecule has 1 aliphatic heterocycles. The van der Waals surface area contributed by atoms with Crippen LogP contribution in [0.4, 0.5) is 11.6 Å². The van der Waals surface area contributed by atoms with Gasteiger partial charge in [-0.3, -0.25) is 9.69 Å². The van der Waals surface area contributed by atoms with Crippen LogP contribution in [0.2, 0.25) is 10.0 Å². The summed E-state index contributed by atoms with van der Waals surface area (Å²) in [5.74, 6) is 1.35. The van der Waals surface area contributed by atoms with Crippen molar-refractivity contribution in [2.45, 2.75) is 24.7 Å². The number of carbonyl (C=O) groups is 2. The lowest BCUT2D eigenvalue weighted by Gasteiger charge is -2.42. The van der Waals surface area contributed by atoms with Crippen LogP contribution in [0.1, 0.15) is 24.8 Å². The molecule has 1 amide bonds. The first-order valence-corrected chi connectivity index (χ1v) is 9.46. The van der Waals surface area contributed by atoms with Crippen LogP contribution in [0.5, 0.6) is 0 Å². The maximum atomic E-state index is 12.7. The van der Waals surface area contributed by atoms with Crippen molar-refractivity contribution in [2.75, 3.05) is 30.4 Å². The number of hydrogen-bond acceptors (Lipinski definition) is 4. The average molecular weight is 443 g/mol. The summed E-state index contributed by atoms with van der Waals surface area (Å²) in [7, 11) is 3.80. The first kappa shape index (κ1) is 22.5. The van der Waals surface area contributed by atoms with Gasteiger partial charge in [0.15, 0.2) is 0 Å². The number of carbonyl (C=O) groups excluding carboxylic acids is 2. The molecule has 1 saturated heterocycles. The van der Waals surface area contributed by atoms with Crippen LogP contribution in [0, 0.1) is 0 Å². The monoisotopic (exact) mass is 441 g/mol. The molecule has 1 aromatic carbocycles. The van der Waals surface area contributed by atoms with Crippen LogP contribution in [0.15, 0.2) is 36.4 Å². The minimum atomic E-state index is -0.514. The van der Waals surface area contributed by atoms with Crippen LogP contribution in [0.3, 0.4) is 0 Å². The smallest absolute Gasteiger partial charge is 0.228 e. The van der Waals surface area contributed by atoms with E-state index >= 15 is 0 Å². The Morgan fingerprint density at radius 3 is 2.61 bits per heavy atom. The van der Waals surface area contributed by atoms with Crippen LogP contribution in [-0.2, 0) is 15.0 Å². The SMILES string of the molecule is CN(C)c1cccc(N2C[C@@](CC=O)(c3ccc(Cl)c(Cl)c3)CCC2=O)n1.Cl. The lowest BCUT2D eigenvalue weighted by atomic mass is 9.72. The Morgan fingerprint density at radius 1 is 1.21 bits per heavy atom. The van der Waals surface area contributed by atoms with Gasteiger partial charge >= 0.3 is 0 Å². The highest BCUT2D eigenvalue weighted by Gasteiger charge is 2.41. The molecule has 5 nitrogen and oxygen atoms in total. The number of benzene rings is 1. The van der Waals surface area contributed by atoms with Gasteiger partial charge in [0.1, 0.15) is 17.9 Å². The Kier molecular flexibility index (Phi) is 7.32. The van der Waals surface area contributed by atoms with E-state index < -0.39 is 5.41 Å². The molecule has 28 heavy (non-hydrogen) atoms. The molecule has 0 unspecified atom stereocenters. The molecule has 0 saturated carbocycles. The van der Waals surface area contributed by atoms with Crippen molar-refractivity contribution in [3.05, 3.63) is 52.0 Å². The second-order valence-corrected chi connectivity index (χ2v) is 7.82. The predicted molar refractivity (Wildman–Crippen MR) is 116 cm³/mol. The number of nitrogens with zero attached hydrogens (tertiary/aromatic N) is 3. The lowest BCUT2D eigenvalue weighted by molar-refractivity contribution is -0.121. The number of hydrogen-bond donors (Lipinski definition) is 0. The first-order valence-electron chi connectivity index (χ1n) is 8.70. The van der Waals surface area contributed by atoms with Crippen molar-refractivity contribution >= 4 is 59.4 Å². The summed E-state index contributed by atoms with van der Waals surface area (Å²) in [4.78, 5) is 32.3. The van der Waals surface area contributed by atoms with Crippen LogP contribution < -0.4 is 9.80 Å². The van der Waals surface area contributed by atoms with Gasteiger partial charge in [-0.05, 0) is 36.2 Å². The van der Waals surface area contributed by atoms with E-state index in [-0.39, 0.29) is 18.3 Å². The number of aldehydes is 1. The maximum Gasteiger partial charge on any atom is 0.228 e. The number of anilines is 2. The normalized spacial score (nSPS) is 19.1. The van der Waals surface area contributed by atoms with Crippen LogP contribution in [0.25, 0.3) is 0 Å². The van der Waals surface area contributed by atoms with Crippen LogP contribution >= 0.6 is 35.6 Å². The van der Waals surface area contributed by atoms with Crippen molar-refractivity contribution in [3.63, 3.8) is 0 Å². The molecule has 2 aromatic rings. The Balaban J connectivity index is 0.00000280. The van der Waals surface area contributed by atoms with Gasteiger partial charge in [-0.2, -0.15) is 0 Å². The zero-order valence-corrected chi connectivity index (χ0v) is 18.0. The van der Waals surface area contributed by atoms with E-state index in [1.165, 1.54) is 0 Å². The minimum absolute atomic E-state index is 0. The number of piperidine rings is 1. The molecular weight excluding hydrogens is 421 g/mol. The summed E-state index contributed by atoms with van der Waals surface area (Å²) in [5.41, 5.74) is 0.393. The van der Waals surface area contributed by atoms with Crippen LogP contribution in [-0.4, -0.2) is 37.8 Å². The highest BCUT2D eigenvalue weighted by Crippen LogP contribution is 2.40. The predicted octanol–water partition coefficient (Wildman–Crippen LogP) is 4.53. The van der Waals surface area contributed by atoms with E-state index in [1.54, 1.807) is 17.0 Å². The minimum Gasteiger partial charge on any atom is -0.363 e. The highest BCUT2D eigenvalue weighted by atomic mass is 35.5. The number of pyridine rings is 1. The topological polar surface area (TPSA) is 53.5 Å².